The fourth-order valence-electron chi connectivity index (χ4n) is 9.82. The third-order valence-corrected chi connectivity index (χ3v) is 16.0. The van der Waals surface area contributed by atoms with Crippen LogP contribution in [0, 0.1) is 0 Å². The van der Waals surface area contributed by atoms with Crippen molar-refractivity contribution in [1.29, 1.82) is 0 Å². The number of nitrogens with one attached hydrogen (secondary N) is 1. The molecule has 10 heteroatoms. The van der Waals surface area contributed by atoms with Crippen LogP contribution >= 0.6 is 7.82 Å². The molecule has 0 spiro atoms. The van der Waals surface area contributed by atoms with Crippen molar-refractivity contribution in [2.24, 2.45) is 0 Å². The third kappa shape index (κ3) is 60.1. The maximum Gasteiger partial charge on any atom is 0.472 e. The van der Waals surface area contributed by atoms with Gasteiger partial charge in [0.2, 0.25) is 5.91 Å². The normalized spacial score (nSPS) is 14.0. The van der Waals surface area contributed by atoms with Crippen LogP contribution in [-0.2, 0) is 27.9 Å². The van der Waals surface area contributed by atoms with Crippen LogP contribution in [0.3, 0.4) is 0 Å². The number of carbonyl (C=O) groups excluding carboxylic acids is 2. The van der Waals surface area contributed by atoms with Crippen LogP contribution in [0.2, 0.25) is 0 Å². The van der Waals surface area contributed by atoms with E-state index in [0.29, 0.717) is 23.9 Å². The van der Waals surface area contributed by atoms with E-state index in [9.17, 15) is 19.0 Å². The molecule has 0 rings (SSSR count). The van der Waals surface area contributed by atoms with Crippen molar-refractivity contribution in [3.63, 3.8) is 0 Å². The Bertz CT molecular complexity index is 1540. The van der Waals surface area contributed by atoms with Crippen molar-refractivity contribution >= 4 is 19.7 Å². The van der Waals surface area contributed by atoms with E-state index in [2.05, 4.69) is 74.7 Å². The van der Waals surface area contributed by atoms with E-state index in [4.69, 9.17) is 13.8 Å². The quantitative estimate of drug-likeness (QED) is 0.0156. The van der Waals surface area contributed by atoms with Gasteiger partial charge in [0.1, 0.15) is 19.3 Å². The SMILES string of the molecule is CC/C=C/C=C/C=C/CCCCCCCCCC(=O)NC(COP(=O)(O)OCC[N+](C)(C)C)C(/C=C\CCCCCCCCCCC)OC(=O)CCCCCCCCCCCCCCCCCCC/C=C/CCCCCCCC. The number of hydrogen-bond acceptors (Lipinski definition) is 6. The summed E-state index contributed by atoms with van der Waals surface area (Å²) >= 11 is 0. The summed E-state index contributed by atoms with van der Waals surface area (Å²) in [5.74, 6) is -0.510. The summed E-state index contributed by atoms with van der Waals surface area (Å²) in [5.41, 5.74) is 0. The summed E-state index contributed by atoms with van der Waals surface area (Å²) in [5, 5.41) is 3.05. The van der Waals surface area contributed by atoms with Crippen LogP contribution in [0.4, 0.5) is 0 Å². The fourth-order valence-corrected chi connectivity index (χ4v) is 10.6. The Hall–Kier alpha value is -2.29. The van der Waals surface area contributed by atoms with Crippen LogP contribution in [0.1, 0.15) is 316 Å². The maximum absolute atomic E-state index is 13.5. The first-order valence-electron chi connectivity index (χ1n) is 33.6. The lowest BCUT2D eigenvalue weighted by molar-refractivity contribution is -0.870. The molecule has 0 aliphatic carbocycles. The zero-order valence-corrected chi connectivity index (χ0v) is 53.8. The summed E-state index contributed by atoms with van der Waals surface area (Å²) in [4.78, 5) is 37.7. The van der Waals surface area contributed by atoms with Gasteiger partial charge >= 0.3 is 13.8 Å². The molecule has 0 radical (unpaired) electrons. The van der Waals surface area contributed by atoms with Gasteiger partial charge in [0.25, 0.3) is 0 Å². The third-order valence-electron chi connectivity index (χ3n) is 15.0. The largest absolute Gasteiger partial charge is 0.472 e. The molecular formula is C69H130N2O7P+. The highest BCUT2D eigenvalue weighted by Gasteiger charge is 2.30. The Labute approximate surface area is 490 Å². The minimum Gasteiger partial charge on any atom is -0.456 e. The van der Waals surface area contributed by atoms with E-state index in [1.807, 2.05) is 33.3 Å². The molecule has 2 N–H and O–H groups in total. The van der Waals surface area contributed by atoms with Crippen molar-refractivity contribution in [3.05, 3.63) is 60.8 Å². The summed E-state index contributed by atoms with van der Waals surface area (Å²) in [6.45, 7) is 6.89. The minimum absolute atomic E-state index is 0.0374. The van der Waals surface area contributed by atoms with E-state index in [-0.39, 0.29) is 25.1 Å². The Morgan fingerprint density at radius 1 is 0.456 bits per heavy atom. The first-order valence-corrected chi connectivity index (χ1v) is 35.1. The molecule has 462 valence electrons. The average molecular weight is 1130 g/mol. The van der Waals surface area contributed by atoms with Gasteiger partial charge in [-0.15, -0.1) is 0 Å². The number of amides is 1. The van der Waals surface area contributed by atoms with E-state index >= 15 is 0 Å². The number of allylic oxidation sites excluding steroid dienone is 9. The molecule has 1 amide bonds. The second-order valence-electron chi connectivity index (χ2n) is 24.0. The van der Waals surface area contributed by atoms with Gasteiger partial charge in [-0.1, -0.05) is 287 Å². The lowest BCUT2D eigenvalue weighted by atomic mass is 10.0. The van der Waals surface area contributed by atoms with Crippen molar-refractivity contribution in [1.82, 2.24) is 5.32 Å². The second-order valence-corrected chi connectivity index (χ2v) is 25.5. The molecule has 0 aromatic carbocycles. The Kier molecular flexibility index (Phi) is 57.2. The van der Waals surface area contributed by atoms with Crippen LogP contribution in [0.25, 0.3) is 0 Å². The molecule has 0 saturated carbocycles. The van der Waals surface area contributed by atoms with Crippen LogP contribution in [-0.4, -0.2) is 74.3 Å². The molecule has 0 bridgehead atoms. The van der Waals surface area contributed by atoms with E-state index in [1.165, 1.54) is 205 Å². The maximum atomic E-state index is 13.5. The number of phosphoric acid groups is 1. The molecule has 0 saturated heterocycles. The van der Waals surface area contributed by atoms with Crippen molar-refractivity contribution in [3.8, 4) is 0 Å². The number of carbonyl (C=O) groups is 2. The van der Waals surface area contributed by atoms with Crippen molar-refractivity contribution in [2.75, 3.05) is 40.9 Å². The van der Waals surface area contributed by atoms with Crippen molar-refractivity contribution in [2.45, 2.75) is 328 Å². The summed E-state index contributed by atoms with van der Waals surface area (Å²) < 4.78 is 30.7. The molecule has 0 aliphatic heterocycles. The lowest BCUT2D eigenvalue weighted by Crippen LogP contribution is -2.47. The lowest BCUT2D eigenvalue weighted by Gasteiger charge is -2.27. The number of unbranched alkanes of at least 4 members (excludes halogenated alkanes) is 39. The van der Waals surface area contributed by atoms with Gasteiger partial charge in [-0.2, -0.15) is 0 Å². The van der Waals surface area contributed by atoms with Crippen LogP contribution < -0.4 is 5.32 Å². The number of ether oxygens (including phenoxy) is 1. The van der Waals surface area contributed by atoms with E-state index in [1.54, 1.807) is 0 Å². The molecule has 0 heterocycles. The first-order chi connectivity index (χ1) is 38.4. The standard InChI is InChI=1S/C69H129N2O7P/c1-7-10-13-16-19-22-25-27-29-30-31-32-33-34-35-36-37-38-39-40-42-44-47-50-53-56-59-62-69(73)78-67(60-57-54-51-48-45-24-21-18-15-12-9-3)66(65-77-79(74,75)76-64-63-71(4,5)6)70-68(72)61-58-55-52-49-46-43-41-28-26-23-20-17-14-11-8-2/h11,14,17,20,23,26-27,29,57,60,66-67H,7-10,12-13,15-16,18-19,21-22,24-25,28,30-56,58-59,61-65H2,1-6H3,(H-,70,72,74,75)/p+1/b14-11+,20-17+,26-23+,29-27+,60-57-. The van der Waals surface area contributed by atoms with Crippen LogP contribution in [0.5, 0.6) is 0 Å². The van der Waals surface area contributed by atoms with Gasteiger partial charge < -0.3 is 19.4 Å². The fraction of sp³-hybridized carbons (Fsp3) is 0.826. The topological polar surface area (TPSA) is 111 Å². The van der Waals surface area contributed by atoms with Gasteiger partial charge in [-0.25, -0.2) is 4.57 Å². The molecule has 0 fully saturated rings. The number of hydrogen-bond donors (Lipinski definition) is 2. The molecule has 0 aromatic heterocycles. The number of nitrogens with zero attached hydrogens (tertiary/aromatic N) is 1. The Morgan fingerprint density at radius 2 is 0.823 bits per heavy atom. The predicted octanol–water partition coefficient (Wildman–Crippen LogP) is 21.0. The van der Waals surface area contributed by atoms with Gasteiger partial charge in [-0.05, 0) is 76.7 Å². The molecule has 3 unspecified atom stereocenters. The predicted molar refractivity (Wildman–Crippen MR) is 342 cm³/mol. The van der Waals surface area contributed by atoms with E-state index in [0.717, 1.165) is 77.0 Å². The smallest absolute Gasteiger partial charge is 0.456 e. The molecule has 79 heavy (non-hydrogen) atoms. The van der Waals surface area contributed by atoms with Gasteiger partial charge in [0.15, 0.2) is 0 Å². The second kappa shape index (κ2) is 58.9. The average Bonchev–Trinajstić information content (AvgIpc) is 3.41. The summed E-state index contributed by atoms with van der Waals surface area (Å²) in [6.07, 6.45) is 75.3. The first kappa shape index (κ1) is 76.7. The Balaban J connectivity index is 4.97. The van der Waals surface area contributed by atoms with Gasteiger partial charge in [0.05, 0.1) is 33.8 Å². The zero-order chi connectivity index (χ0) is 57.9. The monoisotopic (exact) mass is 1130 g/mol. The Morgan fingerprint density at radius 3 is 1.24 bits per heavy atom. The molecule has 9 nitrogen and oxygen atoms in total. The molecule has 3 atom stereocenters. The number of phosphoric ester groups is 1. The van der Waals surface area contributed by atoms with Crippen molar-refractivity contribution < 1.29 is 37.3 Å². The van der Waals surface area contributed by atoms with Gasteiger partial charge in [-0.3, -0.25) is 18.6 Å². The highest BCUT2D eigenvalue weighted by atomic mass is 31.2. The number of quaternary nitrogens is 1. The summed E-state index contributed by atoms with van der Waals surface area (Å²) in [7, 11) is 1.49. The zero-order valence-electron chi connectivity index (χ0n) is 52.9. The van der Waals surface area contributed by atoms with E-state index < -0.39 is 20.0 Å². The number of likely N-dealkylation sites (N-methyl/N-ethyl adjacent to an activating group) is 1. The number of rotatable bonds is 61. The molecule has 0 aliphatic rings. The highest BCUT2D eigenvalue weighted by Crippen LogP contribution is 2.43. The molecule has 0 aromatic rings. The van der Waals surface area contributed by atoms with Crippen LogP contribution in [0.15, 0.2) is 60.8 Å². The van der Waals surface area contributed by atoms with Gasteiger partial charge in [0, 0.05) is 12.8 Å². The number of esters is 1. The summed E-state index contributed by atoms with van der Waals surface area (Å²) in [6, 6.07) is -0.854. The highest BCUT2D eigenvalue weighted by molar-refractivity contribution is 7.47. The minimum atomic E-state index is -4.45. The molecular weight excluding hydrogens is 1000 g/mol.